The van der Waals surface area contributed by atoms with Gasteiger partial charge in [-0.1, -0.05) is 42.5 Å². The predicted molar refractivity (Wildman–Crippen MR) is 89.1 cm³/mol. The van der Waals surface area contributed by atoms with Crippen molar-refractivity contribution in [2.75, 3.05) is 0 Å². The van der Waals surface area contributed by atoms with Crippen molar-refractivity contribution in [1.29, 1.82) is 0 Å². The molecule has 2 aromatic rings. The number of aliphatic carboxylic acids is 1. The molecule has 5 heteroatoms. The Kier molecular flexibility index (Phi) is 5.34. The number of carbonyl (C=O) groups excluding carboxylic acids is 1. The van der Waals surface area contributed by atoms with Gasteiger partial charge in [-0.05, 0) is 37.1 Å². The third-order valence-corrected chi connectivity index (χ3v) is 4.02. The molecule has 0 aliphatic carbocycles. The van der Waals surface area contributed by atoms with Crippen LogP contribution in [0.3, 0.4) is 0 Å². The molecule has 0 aromatic heterocycles. The van der Waals surface area contributed by atoms with E-state index in [1.807, 2.05) is 30.3 Å². The zero-order valence-corrected chi connectivity index (χ0v) is 13.6. The van der Waals surface area contributed by atoms with Crippen molar-refractivity contribution in [2.45, 2.75) is 31.7 Å². The van der Waals surface area contributed by atoms with Crippen LogP contribution in [0.2, 0.25) is 0 Å². The first-order chi connectivity index (χ1) is 11.3. The van der Waals surface area contributed by atoms with Gasteiger partial charge in [0, 0.05) is 6.42 Å². The number of benzene rings is 2. The van der Waals surface area contributed by atoms with E-state index in [2.05, 4.69) is 5.32 Å². The quantitative estimate of drug-likeness (QED) is 0.856. The van der Waals surface area contributed by atoms with Crippen LogP contribution in [-0.4, -0.2) is 23.0 Å². The van der Waals surface area contributed by atoms with Crippen LogP contribution in [0, 0.1) is 5.82 Å². The summed E-state index contributed by atoms with van der Waals surface area (Å²) in [4.78, 5) is 24.1. The predicted octanol–water partition coefficient (Wildman–Crippen LogP) is 2.92. The molecule has 0 bridgehead atoms. The number of nitrogens with one attached hydrogen (secondary N) is 1. The molecular weight excluding hydrogens is 309 g/mol. The van der Waals surface area contributed by atoms with Gasteiger partial charge in [0.25, 0.3) is 0 Å². The highest BCUT2D eigenvalue weighted by molar-refractivity contribution is 5.90. The van der Waals surface area contributed by atoms with Crippen molar-refractivity contribution in [3.63, 3.8) is 0 Å². The fourth-order valence-electron chi connectivity index (χ4n) is 2.39. The molecule has 2 rings (SSSR count). The Morgan fingerprint density at radius 2 is 1.67 bits per heavy atom. The van der Waals surface area contributed by atoms with Gasteiger partial charge in [-0.3, -0.25) is 4.79 Å². The highest BCUT2D eigenvalue weighted by Gasteiger charge is 2.33. The molecule has 0 aliphatic rings. The minimum absolute atomic E-state index is 0.196. The van der Waals surface area contributed by atoms with Gasteiger partial charge in [-0.15, -0.1) is 0 Å². The maximum atomic E-state index is 13.1. The first-order valence-electron chi connectivity index (χ1n) is 7.64. The number of carboxylic acids is 1. The Hall–Kier alpha value is -2.69. The molecular formula is C19H20FNO3. The molecule has 0 saturated heterocycles. The highest BCUT2D eigenvalue weighted by Crippen LogP contribution is 2.24. The Balaban J connectivity index is 2.14. The van der Waals surface area contributed by atoms with E-state index in [0.717, 1.165) is 5.56 Å². The summed E-state index contributed by atoms with van der Waals surface area (Å²) in [5, 5.41) is 12.0. The summed E-state index contributed by atoms with van der Waals surface area (Å²) in [7, 11) is 0. The topological polar surface area (TPSA) is 66.4 Å². The largest absolute Gasteiger partial charge is 0.480 e. The summed E-state index contributed by atoms with van der Waals surface area (Å²) in [5.74, 6) is -1.90. The molecule has 2 aromatic carbocycles. The van der Waals surface area contributed by atoms with E-state index in [4.69, 9.17) is 0 Å². The van der Waals surface area contributed by atoms with Gasteiger partial charge in [-0.2, -0.15) is 0 Å². The fourth-order valence-corrected chi connectivity index (χ4v) is 2.39. The second-order valence-electron chi connectivity index (χ2n) is 6.19. The number of amides is 1. The first-order valence-corrected chi connectivity index (χ1v) is 7.64. The second kappa shape index (κ2) is 7.25. The molecule has 4 nitrogen and oxygen atoms in total. The van der Waals surface area contributed by atoms with Crippen molar-refractivity contribution in [3.8, 4) is 0 Å². The Morgan fingerprint density at radius 1 is 1.08 bits per heavy atom. The zero-order valence-electron chi connectivity index (χ0n) is 13.6. The molecule has 2 N–H and O–H groups in total. The molecule has 1 atom stereocenters. The van der Waals surface area contributed by atoms with Crippen molar-refractivity contribution >= 4 is 11.9 Å². The average Bonchev–Trinajstić information content (AvgIpc) is 2.55. The van der Waals surface area contributed by atoms with E-state index in [1.54, 1.807) is 13.8 Å². The van der Waals surface area contributed by atoms with E-state index in [0.29, 0.717) is 5.56 Å². The van der Waals surface area contributed by atoms with Crippen LogP contribution in [0.4, 0.5) is 4.39 Å². The lowest BCUT2D eigenvalue weighted by atomic mass is 9.83. The Bertz CT molecular complexity index is 711. The molecule has 0 aliphatic heterocycles. The van der Waals surface area contributed by atoms with Crippen molar-refractivity contribution in [3.05, 3.63) is 71.5 Å². The number of hydrogen-bond donors (Lipinski definition) is 2. The van der Waals surface area contributed by atoms with Gasteiger partial charge < -0.3 is 10.4 Å². The van der Waals surface area contributed by atoms with E-state index in [9.17, 15) is 19.1 Å². The van der Waals surface area contributed by atoms with Crippen LogP contribution >= 0.6 is 0 Å². The third-order valence-electron chi connectivity index (χ3n) is 4.02. The van der Waals surface area contributed by atoms with Crippen LogP contribution in [-0.2, 0) is 21.4 Å². The maximum Gasteiger partial charge on any atom is 0.326 e. The molecule has 126 valence electrons. The van der Waals surface area contributed by atoms with E-state index in [1.165, 1.54) is 24.3 Å². The summed E-state index contributed by atoms with van der Waals surface area (Å²) in [6.07, 6.45) is 0.196. The van der Waals surface area contributed by atoms with Crippen molar-refractivity contribution < 1.29 is 19.1 Å². The molecule has 1 amide bonds. The number of halogens is 1. The van der Waals surface area contributed by atoms with E-state index >= 15 is 0 Å². The van der Waals surface area contributed by atoms with Gasteiger partial charge in [0.2, 0.25) is 5.91 Å². The number of rotatable bonds is 6. The Morgan fingerprint density at radius 3 is 2.21 bits per heavy atom. The average molecular weight is 329 g/mol. The summed E-state index contributed by atoms with van der Waals surface area (Å²) in [6.45, 7) is 3.36. The lowest BCUT2D eigenvalue weighted by Crippen LogP contribution is -2.49. The van der Waals surface area contributed by atoms with Crippen molar-refractivity contribution in [1.82, 2.24) is 5.32 Å². The standard InChI is InChI=1S/C19H20FNO3/c1-19(2,14-8-10-15(20)11-9-14)18(24)21-16(17(22)23)12-13-6-4-3-5-7-13/h3-11,16H,12H2,1-2H3,(H,21,24)(H,22,23). The van der Waals surface area contributed by atoms with Crippen LogP contribution in [0.1, 0.15) is 25.0 Å². The van der Waals surface area contributed by atoms with Crippen LogP contribution in [0.25, 0.3) is 0 Å². The molecule has 0 saturated carbocycles. The molecule has 0 radical (unpaired) electrons. The summed E-state index contributed by atoms with van der Waals surface area (Å²) in [6, 6.07) is 13.7. The zero-order chi connectivity index (χ0) is 17.7. The normalized spacial score (nSPS) is 12.5. The molecule has 0 fully saturated rings. The smallest absolute Gasteiger partial charge is 0.326 e. The molecule has 0 spiro atoms. The SMILES string of the molecule is CC(C)(C(=O)NC(Cc1ccccc1)C(=O)O)c1ccc(F)cc1. The van der Waals surface area contributed by atoms with Gasteiger partial charge in [0.1, 0.15) is 11.9 Å². The van der Waals surface area contributed by atoms with Crippen LogP contribution < -0.4 is 5.32 Å². The van der Waals surface area contributed by atoms with Gasteiger partial charge in [0.15, 0.2) is 0 Å². The number of carboxylic acid groups (broad SMARTS) is 1. The molecule has 0 heterocycles. The van der Waals surface area contributed by atoms with Crippen molar-refractivity contribution in [2.24, 2.45) is 0 Å². The maximum absolute atomic E-state index is 13.1. The monoisotopic (exact) mass is 329 g/mol. The fraction of sp³-hybridized carbons (Fsp3) is 0.263. The number of carbonyl (C=O) groups is 2. The minimum atomic E-state index is -1.10. The number of hydrogen-bond acceptors (Lipinski definition) is 2. The lowest BCUT2D eigenvalue weighted by molar-refractivity contribution is -0.142. The van der Waals surface area contributed by atoms with Gasteiger partial charge in [-0.25, -0.2) is 9.18 Å². The molecule has 24 heavy (non-hydrogen) atoms. The van der Waals surface area contributed by atoms with Gasteiger partial charge in [0.05, 0.1) is 5.41 Å². The second-order valence-corrected chi connectivity index (χ2v) is 6.19. The summed E-state index contributed by atoms with van der Waals surface area (Å²) < 4.78 is 13.1. The highest BCUT2D eigenvalue weighted by atomic mass is 19.1. The molecule has 1 unspecified atom stereocenters. The van der Waals surface area contributed by atoms with E-state index < -0.39 is 23.3 Å². The summed E-state index contributed by atoms with van der Waals surface area (Å²) >= 11 is 0. The van der Waals surface area contributed by atoms with Crippen LogP contribution in [0.5, 0.6) is 0 Å². The first kappa shape index (κ1) is 17.7. The lowest BCUT2D eigenvalue weighted by Gasteiger charge is -2.26. The van der Waals surface area contributed by atoms with Crippen LogP contribution in [0.15, 0.2) is 54.6 Å². The van der Waals surface area contributed by atoms with E-state index in [-0.39, 0.29) is 12.2 Å². The third kappa shape index (κ3) is 4.19. The summed E-state index contributed by atoms with van der Waals surface area (Å²) in [5.41, 5.74) is 0.466. The minimum Gasteiger partial charge on any atom is -0.480 e. The Labute approximate surface area is 140 Å². The van der Waals surface area contributed by atoms with Gasteiger partial charge >= 0.3 is 5.97 Å².